The van der Waals surface area contributed by atoms with Gasteiger partial charge in [-0.25, -0.2) is 4.68 Å². The minimum Gasteiger partial charge on any atom is -0.360 e. The Morgan fingerprint density at radius 3 is 2.62 bits per heavy atom. The molecule has 0 aliphatic rings. The molecule has 13 heavy (non-hydrogen) atoms. The second-order valence-corrected chi connectivity index (χ2v) is 3.17. The summed E-state index contributed by atoms with van der Waals surface area (Å²) in [7, 11) is 0. The molecular weight excluding hydrogens is 188 g/mol. The fraction of sp³-hybridized carbons (Fsp3) is 0.667. The molecule has 0 N–H and O–H groups in total. The Morgan fingerprint density at radius 2 is 2.15 bits per heavy atom. The molecule has 1 aromatic heterocycles. The van der Waals surface area contributed by atoms with Crippen LogP contribution in [0.25, 0.3) is 0 Å². The van der Waals surface area contributed by atoms with E-state index in [4.69, 9.17) is 16.3 Å². The molecule has 0 atom stereocenters. The Hall–Kier alpha value is -0.540. The smallest absolute Gasteiger partial charge is 0.139 e. The van der Waals surface area contributed by atoms with Crippen LogP contribution in [0.2, 0.25) is 0 Å². The van der Waals surface area contributed by atoms with Gasteiger partial charge in [0.05, 0.1) is 11.6 Å². The van der Waals surface area contributed by atoms with Gasteiger partial charge in [-0.05, 0) is 20.8 Å². The summed E-state index contributed by atoms with van der Waals surface area (Å²) in [6.45, 7) is 7.16. The van der Waals surface area contributed by atoms with Crippen LogP contribution in [-0.2, 0) is 17.3 Å². The Labute approximate surface area is 83.6 Å². The predicted molar refractivity (Wildman–Crippen MR) is 52.9 cm³/mol. The Bertz CT molecular complexity index is 283. The van der Waals surface area contributed by atoms with Crippen LogP contribution in [0.4, 0.5) is 0 Å². The maximum atomic E-state index is 5.79. The molecule has 0 saturated carbocycles. The number of hydrogen-bond donors (Lipinski definition) is 0. The summed E-state index contributed by atoms with van der Waals surface area (Å²) in [5.41, 5.74) is 3.20. The molecule has 0 aromatic carbocycles. The lowest BCUT2D eigenvalue weighted by atomic mass is 10.2. The van der Waals surface area contributed by atoms with Gasteiger partial charge < -0.3 is 4.74 Å². The first-order chi connectivity index (χ1) is 6.20. The average molecular weight is 203 g/mol. The van der Waals surface area contributed by atoms with Gasteiger partial charge in [-0.15, -0.1) is 11.6 Å². The van der Waals surface area contributed by atoms with Crippen molar-refractivity contribution >= 4 is 11.6 Å². The van der Waals surface area contributed by atoms with E-state index >= 15 is 0 Å². The van der Waals surface area contributed by atoms with Crippen molar-refractivity contribution < 1.29 is 4.74 Å². The molecule has 0 aliphatic heterocycles. The van der Waals surface area contributed by atoms with Crippen LogP contribution < -0.4 is 0 Å². The molecule has 0 fully saturated rings. The van der Waals surface area contributed by atoms with Crippen molar-refractivity contribution in [1.29, 1.82) is 0 Å². The number of ether oxygens (including phenoxy) is 1. The molecule has 4 heteroatoms. The van der Waals surface area contributed by atoms with Crippen molar-refractivity contribution in [2.75, 3.05) is 6.61 Å². The van der Waals surface area contributed by atoms with Gasteiger partial charge in [-0.2, -0.15) is 5.10 Å². The van der Waals surface area contributed by atoms with Crippen molar-refractivity contribution in [3.63, 3.8) is 0 Å². The third-order valence-corrected chi connectivity index (χ3v) is 2.35. The van der Waals surface area contributed by atoms with E-state index in [0.717, 1.165) is 17.0 Å². The van der Waals surface area contributed by atoms with E-state index in [1.54, 1.807) is 0 Å². The highest BCUT2D eigenvalue weighted by molar-refractivity contribution is 6.17. The van der Waals surface area contributed by atoms with Crippen molar-refractivity contribution in [2.45, 2.75) is 33.4 Å². The quantitative estimate of drug-likeness (QED) is 0.701. The Balaban J connectivity index is 2.83. The molecule has 0 radical (unpaired) electrons. The molecule has 74 valence electrons. The number of hydrogen-bond acceptors (Lipinski definition) is 2. The second kappa shape index (κ2) is 4.63. The highest BCUT2D eigenvalue weighted by atomic mass is 35.5. The first kappa shape index (κ1) is 10.5. The molecule has 1 rings (SSSR count). The number of halogens is 1. The Kier molecular flexibility index (Phi) is 3.75. The third-order valence-electron chi connectivity index (χ3n) is 2.08. The zero-order valence-corrected chi connectivity index (χ0v) is 9.06. The van der Waals surface area contributed by atoms with Crippen molar-refractivity contribution in [2.24, 2.45) is 0 Å². The SMILES string of the molecule is CCOCn1nc(C)c(CCl)c1C. The van der Waals surface area contributed by atoms with E-state index in [1.807, 2.05) is 25.5 Å². The molecule has 0 amide bonds. The van der Waals surface area contributed by atoms with Crippen LogP contribution >= 0.6 is 11.6 Å². The average Bonchev–Trinajstić information content (AvgIpc) is 2.38. The van der Waals surface area contributed by atoms with E-state index in [9.17, 15) is 0 Å². The fourth-order valence-corrected chi connectivity index (χ4v) is 1.62. The summed E-state index contributed by atoms with van der Waals surface area (Å²) in [5.74, 6) is 0.518. The minimum absolute atomic E-state index is 0.514. The van der Waals surface area contributed by atoms with Gasteiger partial charge >= 0.3 is 0 Å². The van der Waals surface area contributed by atoms with Gasteiger partial charge in [0.15, 0.2) is 0 Å². The molecule has 0 bridgehead atoms. The van der Waals surface area contributed by atoms with E-state index < -0.39 is 0 Å². The zero-order chi connectivity index (χ0) is 9.84. The summed E-state index contributed by atoms with van der Waals surface area (Å²) in [6.07, 6.45) is 0. The molecule has 0 aliphatic carbocycles. The van der Waals surface area contributed by atoms with Crippen LogP contribution in [-0.4, -0.2) is 16.4 Å². The number of alkyl halides is 1. The second-order valence-electron chi connectivity index (χ2n) is 2.90. The van der Waals surface area contributed by atoms with Crippen LogP contribution in [0, 0.1) is 13.8 Å². The summed E-state index contributed by atoms with van der Waals surface area (Å²) in [6, 6.07) is 0. The van der Waals surface area contributed by atoms with Crippen molar-refractivity contribution in [3.05, 3.63) is 17.0 Å². The van der Waals surface area contributed by atoms with Gasteiger partial charge in [0.2, 0.25) is 0 Å². The van der Waals surface area contributed by atoms with Crippen LogP contribution in [0.3, 0.4) is 0 Å². The first-order valence-electron chi connectivity index (χ1n) is 4.37. The van der Waals surface area contributed by atoms with E-state index in [-0.39, 0.29) is 0 Å². The maximum absolute atomic E-state index is 5.79. The summed E-state index contributed by atoms with van der Waals surface area (Å²) in [5, 5.41) is 4.33. The van der Waals surface area contributed by atoms with Gasteiger partial charge in [0, 0.05) is 17.9 Å². The fourth-order valence-electron chi connectivity index (χ4n) is 1.23. The topological polar surface area (TPSA) is 27.1 Å². The van der Waals surface area contributed by atoms with Crippen LogP contribution in [0.1, 0.15) is 23.9 Å². The summed E-state index contributed by atoms with van der Waals surface area (Å²) in [4.78, 5) is 0. The van der Waals surface area contributed by atoms with Gasteiger partial charge in [-0.3, -0.25) is 0 Å². The van der Waals surface area contributed by atoms with Gasteiger partial charge in [-0.1, -0.05) is 0 Å². The number of nitrogens with zero attached hydrogens (tertiary/aromatic N) is 2. The van der Waals surface area contributed by atoms with Gasteiger partial charge in [0.25, 0.3) is 0 Å². The number of aryl methyl sites for hydroxylation is 1. The summed E-state index contributed by atoms with van der Waals surface area (Å²) >= 11 is 5.79. The van der Waals surface area contributed by atoms with Crippen molar-refractivity contribution in [1.82, 2.24) is 9.78 Å². The lowest BCUT2D eigenvalue weighted by Gasteiger charge is -2.03. The highest BCUT2D eigenvalue weighted by Crippen LogP contribution is 2.14. The van der Waals surface area contributed by atoms with Crippen LogP contribution in [0.15, 0.2) is 0 Å². The van der Waals surface area contributed by atoms with Crippen LogP contribution in [0.5, 0.6) is 0 Å². The standard InChI is InChI=1S/C9H15ClN2O/c1-4-13-6-12-8(3)9(5-10)7(2)11-12/h4-6H2,1-3H3. The number of rotatable bonds is 4. The molecule has 0 unspecified atom stereocenters. The van der Waals surface area contributed by atoms with Crippen molar-refractivity contribution in [3.8, 4) is 0 Å². The molecule has 1 aromatic rings. The van der Waals surface area contributed by atoms with E-state index in [2.05, 4.69) is 5.10 Å². The minimum atomic E-state index is 0.514. The van der Waals surface area contributed by atoms with E-state index in [1.165, 1.54) is 0 Å². The lowest BCUT2D eigenvalue weighted by Crippen LogP contribution is -2.06. The van der Waals surface area contributed by atoms with E-state index in [0.29, 0.717) is 19.2 Å². The molecule has 0 saturated heterocycles. The first-order valence-corrected chi connectivity index (χ1v) is 4.90. The normalized spacial score (nSPS) is 10.8. The monoisotopic (exact) mass is 202 g/mol. The molecule has 0 spiro atoms. The van der Waals surface area contributed by atoms with Gasteiger partial charge in [0.1, 0.15) is 6.73 Å². The molecule has 3 nitrogen and oxygen atoms in total. The maximum Gasteiger partial charge on any atom is 0.139 e. The molecule has 1 heterocycles. The number of aromatic nitrogens is 2. The zero-order valence-electron chi connectivity index (χ0n) is 8.30. The third kappa shape index (κ3) is 2.23. The predicted octanol–water partition coefficient (Wildman–Crippen LogP) is 2.23. The summed E-state index contributed by atoms with van der Waals surface area (Å²) < 4.78 is 7.11. The largest absolute Gasteiger partial charge is 0.360 e. The highest BCUT2D eigenvalue weighted by Gasteiger charge is 2.09. The lowest BCUT2D eigenvalue weighted by molar-refractivity contribution is 0.0775. The Morgan fingerprint density at radius 1 is 1.46 bits per heavy atom. The molecular formula is C9H15ClN2O.